The predicted molar refractivity (Wildman–Crippen MR) is 84.0 cm³/mol. The molecule has 0 atom stereocenters. The van der Waals surface area contributed by atoms with Crippen LogP contribution < -0.4 is 15.8 Å². The van der Waals surface area contributed by atoms with Gasteiger partial charge in [0.15, 0.2) is 0 Å². The minimum atomic E-state index is -0.303. The van der Waals surface area contributed by atoms with Gasteiger partial charge in [-0.1, -0.05) is 24.3 Å². The number of ether oxygens (including phenoxy) is 1. The first-order valence-electron chi connectivity index (χ1n) is 7.05. The van der Waals surface area contributed by atoms with Gasteiger partial charge in [0.2, 0.25) is 5.91 Å². The van der Waals surface area contributed by atoms with E-state index in [4.69, 9.17) is 10.5 Å². The largest absolute Gasteiger partial charge is 0.487 e. The lowest BCUT2D eigenvalue weighted by Gasteiger charge is -2.11. The Morgan fingerprint density at radius 1 is 1.27 bits per heavy atom. The molecule has 2 aromatic rings. The fourth-order valence-electron chi connectivity index (χ4n) is 2.04. The summed E-state index contributed by atoms with van der Waals surface area (Å²) in [5, 5.41) is 2.57. The number of amides is 1. The van der Waals surface area contributed by atoms with E-state index in [1.165, 1.54) is 6.07 Å². The zero-order chi connectivity index (χ0) is 15.9. The average Bonchev–Trinajstić information content (AvgIpc) is 2.53. The molecule has 2 rings (SSSR count). The van der Waals surface area contributed by atoms with Gasteiger partial charge in [-0.2, -0.15) is 0 Å². The van der Waals surface area contributed by atoms with Crippen LogP contribution in [0.25, 0.3) is 0 Å². The summed E-state index contributed by atoms with van der Waals surface area (Å²) in [4.78, 5) is 11.2. The third kappa shape index (κ3) is 4.22. The normalized spacial score (nSPS) is 10.3. The van der Waals surface area contributed by atoms with Crippen LogP contribution in [0, 0.1) is 5.82 Å². The van der Waals surface area contributed by atoms with Crippen molar-refractivity contribution in [3.8, 4) is 5.75 Å². The molecule has 0 radical (unpaired) electrons. The summed E-state index contributed by atoms with van der Waals surface area (Å²) in [5.74, 6) is 0.189. The van der Waals surface area contributed by atoms with Gasteiger partial charge in [0.1, 0.15) is 18.2 Å². The molecule has 0 heterocycles. The molecule has 0 aliphatic carbocycles. The zero-order valence-electron chi connectivity index (χ0n) is 12.4. The van der Waals surface area contributed by atoms with Gasteiger partial charge in [0.25, 0.3) is 0 Å². The molecule has 0 aliphatic heterocycles. The molecule has 0 saturated heterocycles. The Morgan fingerprint density at radius 3 is 2.73 bits per heavy atom. The van der Waals surface area contributed by atoms with Crippen LogP contribution in [0.1, 0.15) is 17.5 Å². The molecule has 4 nitrogen and oxygen atoms in total. The number of nitrogens with one attached hydrogen (secondary N) is 1. The predicted octanol–water partition coefficient (Wildman–Crippen LogP) is 2.67. The summed E-state index contributed by atoms with van der Waals surface area (Å²) >= 11 is 0. The van der Waals surface area contributed by atoms with Crippen LogP contribution in [-0.4, -0.2) is 13.0 Å². The first kappa shape index (κ1) is 15.8. The second-order valence-corrected chi connectivity index (χ2v) is 4.93. The topological polar surface area (TPSA) is 64.3 Å². The van der Waals surface area contributed by atoms with E-state index in [2.05, 4.69) is 5.32 Å². The standard InChI is InChI=1S/C17H19FN2O2/c1-20-17(21)9-7-12-6-8-16(15(19)10-12)22-11-13-4-2-3-5-14(13)18/h2-6,8,10H,7,9,11,19H2,1H3,(H,20,21). The molecule has 2 aromatic carbocycles. The number of hydrogen-bond donors (Lipinski definition) is 2. The van der Waals surface area contributed by atoms with Gasteiger partial charge in [-0.25, -0.2) is 4.39 Å². The number of carbonyl (C=O) groups excluding carboxylic acids is 1. The first-order valence-corrected chi connectivity index (χ1v) is 7.05. The van der Waals surface area contributed by atoms with Crippen molar-refractivity contribution in [1.29, 1.82) is 0 Å². The van der Waals surface area contributed by atoms with Gasteiger partial charge in [0, 0.05) is 19.0 Å². The Hall–Kier alpha value is -2.56. The quantitative estimate of drug-likeness (QED) is 0.806. The van der Waals surface area contributed by atoms with Gasteiger partial charge in [-0.3, -0.25) is 4.79 Å². The highest BCUT2D eigenvalue weighted by Gasteiger charge is 2.06. The third-order valence-electron chi connectivity index (χ3n) is 3.33. The molecular formula is C17H19FN2O2. The molecule has 116 valence electrons. The lowest BCUT2D eigenvalue weighted by molar-refractivity contribution is -0.120. The number of benzene rings is 2. The van der Waals surface area contributed by atoms with Crippen molar-refractivity contribution in [2.45, 2.75) is 19.4 Å². The van der Waals surface area contributed by atoms with Gasteiger partial charge in [-0.05, 0) is 30.2 Å². The van der Waals surface area contributed by atoms with Crippen LogP contribution in [0.3, 0.4) is 0 Å². The molecule has 0 aromatic heterocycles. The minimum Gasteiger partial charge on any atom is -0.487 e. The lowest BCUT2D eigenvalue weighted by Crippen LogP contribution is -2.17. The van der Waals surface area contributed by atoms with Crippen molar-refractivity contribution in [1.82, 2.24) is 5.32 Å². The number of nitrogens with two attached hydrogens (primary N) is 1. The highest BCUT2D eigenvalue weighted by atomic mass is 19.1. The highest BCUT2D eigenvalue weighted by molar-refractivity contribution is 5.75. The Labute approximate surface area is 129 Å². The van der Waals surface area contributed by atoms with Crippen LogP contribution in [0.2, 0.25) is 0 Å². The van der Waals surface area contributed by atoms with E-state index in [1.54, 1.807) is 37.4 Å². The van der Waals surface area contributed by atoms with Crippen LogP contribution in [0.15, 0.2) is 42.5 Å². The molecule has 0 aliphatic rings. The maximum absolute atomic E-state index is 13.5. The summed E-state index contributed by atoms with van der Waals surface area (Å²) in [7, 11) is 1.61. The van der Waals surface area contributed by atoms with Crippen LogP contribution in [-0.2, 0) is 17.8 Å². The van der Waals surface area contributed by atoms with Crippen LogP contribution in [0.4, 0.5) is 10.1 Å². The molecule has 0 bridgehead atoms. The van der Waals surface area contributed by atoms with Gasteiger partial charge < -0.3 is 15.8 Å². The number of nitrogen functional groups attached to an aromatic ring is 1. The van der Waals surface area contributed by atoms with E-state index >= 15 is 0 Å². The van der Waals surface area contributed by atoms with Crippen molar-refractivity contribution in [2.75, 3.05) is 12.8 Å². The summed E-state index contributed by atoms with van der Waals surface area (Å²) in [6, 6.07) is 11.8. The van der Waals surface area contributed by atoms with Crippen molar-refractivity contribution < 1.29 is 13.9 Å². The van der Waals surface area contributed by atoms with E-state index in [1.807, 2.05) is 6.07 Å². The number of halogens is 1. The fourth-order valence-corrected chi connectivity index (χ4v) is 2.04. The highest BCUT2D eigenvalue weighted by Crippen LogP contribution is 2.24. The molecule has 0 saturated carbocycles. The Morgan fingerprint density at radius 2 is 2.05 bits per heavy atom. The van der Waals surface area contributed by atoms with Crippen LogP contribution >= 0.6 is 0 Å². The molecule has 0 unspecified atom stereocenters. The summed E-state index contributed by atoms with van der Waals surface area (Å²) in [5.41, 5.74) is 7.86. The average molecular weight is 302 g/mol. The van der Waals surface area contributed by atoms with E-state index in [9.17, 15) is 9.18 Å². The summed E-state index contributed by atoms with van der Waals surface area (Å²) < 4.78 is 19.1. The van der Waals surface area contributed by atoms with Crippen molar-refractivity contribution in [3.05, 3.63) is 59.4 Å². The van der Waals surface area contributed by atoms with E-state index in [-0.39, 0.29) is 18.3 Å². The fraction of sp³-hybridized carbons (Fsp3) is 0.235. The zero-order valence-corrected chi connectivity index (χ0v) is 12.4. The van der Waals surface area contributed by atoms with E-state index in [0.29, 0.717) is 29.8 Å². The second kappa shape index (κ2) is 7.45. The van der Waals surface area contributed by atoms with Gasteiger partial charge in [-0.15, -0.1) is 0 Å². The Balaban J connectivity index is 1.98. The number of carbonyl (C=O) groups is 1. The SMILES string of the molecule is CNC(=O)CCc1ccc(OCc2ccccc2F)c(N)c1. The number of rotatable bonds is 6. The van der Waals surface area contributed by atoms with Gasteiger partial charge in [0.05, 0.1) is 5.69 Å². The minimum absolute atomic E-state index is 0.0153. The third-order valence-corrected chi connectivity index (χ3v) is 3.33. The molecule has 0 spiro atoms. The first-order chi connectivity index (χ1) is 10.6. The molecule has 1 amide bonds. The molecule has 0 fully saturated rings. The smallest absolute Gasteiger partial charge is 0.220 e. The molecule has 5 heteroatoms. The van der Waals surface area contributed by atoms with Crippen LogP contribution in [0.5, 0.6) is 5.75 Å². The molecule has 22 heavy (non-hydrogen) atoms. The maximum Gasteiger partial charge on any atom is 0.220 e. The van der Waals surface area contributed by atoms with E-state index in [0.717, 1.165) is 5.56 Å². The molecular weight excluding hydrogens is 283 g/mol. The van der Waals surface area contributed by atoms with Gasteiger partial charge >= 0.3 is 0 Å². The second-order valence-electron chi connectivity index (χ2n) is 4.93. The monoisotopic (exact) mass is 302 g/mol. The van der Waals surface area contributed by atoms with Crippen molar-refractivity contribution in [3.63, 3.8) is 0 Å². The van der Waals surface area contributed by atoms with E-state index < -0.39 is 0 Å². The Bertz CT molecular complexity index is 659. The number of hydrogen-bond acceptors (Lipinski definition) is 3. The molecule has 3 N–H and O–H groups in total. The van der Waals surface area contributed by atoms with Crippen molar-refractivity contribution in [2.24, 2.45) is 0 Å². The maximum atomic E-state index is 13.5. The summed E-state index contributed by atoms with van der Waals surface area (Å²) in [6.45, 7) is 0.120. The summed E-state index contributed by atoms with van der Waals surface area (Å²) in [6.07, 6.45) is 1.02. The van der Waals surface area contributed by atoms with Crippen molar-refractivity contribution >= 4 is 11.6 Å². The lowest BCUT2D eigenvalue weighted by atomic mass is 10.1. The Kier molecular flexibility index (Phi) is 5.36. The number of anilines is 1. The number of aryl methyl sites for hydroxylation is 1.